The minimum atomic E-state index is 0.530. The van der Waals surface area contributed by atoms with Gasteiger partial charge in [-0.15, -0.1) is 22.7 Å². The molecule has 2 aromatic rings. The maximum absolute atomic E-state index is 4.59. The van der Waals surface area contributed by atoms with Gasteiger partial charge in [-0.05, 0) is 17.4 Å². The number of thiazole rings is 1. The van der Waals surface area contributed by atoms with E-state index >= 15 is 0 Å². The highest BCUT2D eigenvalue weighted by atomic mass is 32.1. The first-order valence-electron chi connectivity index (χ1n) is 5.43. The van der Waals surface area contributed by atoms with Crippen molar-refractivity contribution < 1.29 is 0 Å². The molecule has 4 heteroatoms. The predicted octanol–water partition coefficient (Wildman–Crippen LogP) is 3.62. The molecule has 0 saturated heterocycles. The molecule has 0 fully saturated rings. The number of hydrogen-bond donors (Lipinski definition) is 1. The van der Waals surface area contributed by atoms with E-state index in [1.165, 1.54) is 15.6 Å². The van der Waals surface area contributed by atoms with E-state index in [2.05, 4.69) is 47.0 Å². The Morgan fingerprint density at radius 3 is 2.81 bits per heavy atom. The van der Waals surface area contributed by atoms with Crippen LogP contribution in [-0.4, -0.2) is 4.98 Å². The van der Waals surface area contributed by atoms with Crippen molar-refractivity contribution in [3.63, 3.8) is 0 Å². The Morgan fingerprint density at radius 1 is 1.31 bits per heavy atom. The zero-order valence-corrected chi connectivity index (χ0v) is 11.2. The number of nitrogens with one attached hydrogen (secondary N) is 1. The Balaban J connectivity index is 1.81. The topological polar surface area (TPSA) is 24.9 Å². The zero-order valence-electron chi connectivity index (χ0n) is 9.56. The van der Waals surface area contributed by atoms with E-state index in [4.69, 9.17) is 0 Å². The highest BCUT2D eigenvalue weighted by Gasteiger charge is 2.05. The third-order valence-corrected chi connectivity index (χ3v) is 4.06. The fraction of sp³-hybridized carbons (Fsp3) is 0.417. The Morgan fingerprint density at radius 2 is 2.19 bits per heavy atom. The Bertz CT molecular complexity index is 418. The first-order valence-corrected chi connectivity index (χ1v) is 7.19. The van der Waals surface area contributed by atoms with Crippen molar-refractivity contribution in [1.29, 1.82) is 0 Å². The van der Waals surface area contributed by atoms with Gasteiger partial charge >= 0.3 is 0 Å². The molecule has 1 N–H and O–H groups in total. The molecule has 0 aliphatic heterocycles. The second-order valence-corrected chi connectivity index (χ2v) is 5.98. The third kappa shape index (κ3) is 3.14. The van der Waals surface area contributed by atoms with Gasteiger partial charge in [0.15, 0.2) is 0 Å². The lowest BCUT2D eigenvalue weighted by atomic mass is 10.2. The van der Waals surface area contributed by atoms with Gasteiger partial charge < -0.3 is 5.32 Å². The molecule has 0 bridgehead atoms. The van der Waals surface area contributed by atoms with Crippen molar-refractivity contribution in [2.45, 2.75) is 32.9 Å². The van der Waals surface area contributed by atoms with E-state index in [1.807, 2.05) is 0 Å². The summed E-state index contributed by atoms with van der Waals surface area (Å²) in [6.07, 6.45) is 0. The van der Waals surface area contributed by atoms with Crippen LogP contribution in [0.1, 0.15) is 35.3 Å². The lowest BCUT2D eigenvalue weighted by Crippen LogP contribution is -2.11. The molecule has 2 rings (SSSR count). The minimum Gasteiger partial charge on any atom is -0.306 e. The highest BCUT2D eigenvalue weighted by Crippen LogP contribution is 2.17. The summed E-state index contributed by atoms with van der Waals surface area (Å²) in [4.78, 5) is 5.96. The lowest BCUT2D eigenvalue weighted by Gasteiger charge is -2.00. The van der Waals surface area contributed by atoms with Crippen LogP contribution < -0.4 is 5.32 Å². The van der Waals surface area contributed by atoms with Gasteiger partial charge in [-0.25, -0.2) is 4.98 Å². The van der Waals surface area contributed by atoms with Gasteiger partial charge in [0.25, 0.3) is 0 Å². The summed E-state index contributed by atoms with van der Waals surface area (Å²) in [5.41, 5.74) is 1.21. The maximum Gasteiger partial charge on any atom is 0.107 e. The molecule has 2 aromatic heterocycles. The molecule has 2 nitrogen and oxygen atoms in total. The largest absolute Gasteiger partial charge is 0.306 e. The van der Waals surface area contributed by atoms with Crippen LogP contribution in [-0.2, 0) is 13.1 Å². The molecule has 86 valence electrons. The van der Waals surface area contributed by atoms with Crippen molar-refractivity contribution in [3.8, 4) is 0 Å². The molecule has 0 atom stereocenters. The Kier molecular flexibility index (Phi) is 4.09. The van der Waals surface area contributed by atoms with Crippen LogP contribution in [0.5, 0.6) is 0 Å². The highest BCUT2D eigenvalue weighted by molar-refractivity contribution is 7.10. The van der Waals surface area contributed by atoms with Gasteiger partial charge in [0.1, 0.15) is 5.01 Å². The summed E-state index contributed by atoms with van der Waals surface area (Å²) in [6, 6.07) is 4.24. The average Bonchev–Trinajstić information content (AvgIpc) is 2.87. The number of nitrogens with zero attached hydrogens (tertiary/aromatic N) is 1. The minimum absolute atomic E-state index is 0.530. The Hall–Kier alpha value is -0.710. The van der Waals surface area contributed by atoms with Crippen LogP contribution >= 0.6 is 22.7 Å². The summed E-state index contributed by atoms with van der Waals surface area (Å²) in [5.74, 6) is 0.530. The van der Waals surface area contributed by atoms with E-state index in [-0.39, 0.29) is 0 Å². The van der Waals surface area contributed by atoms with Gasteiger partial charge in [0, 0.05) is 23.3 Å². The summed E-state index contributed by atoms with van der Waals surface area (Å²) in [7, 11) is 0. The van der Waals surface area contributed by atoms with Crippen molar-refractivity contribution in [2.75, 3.05) is 0 Å². The number of aromatic nitrogens is 1. The SMILES string of the molecule is CC(C)c1csc(CNCc2cccs2)n1. The quantitative estimate of drug-likeness (QED) is 0.879. The van der Waals surface area contributed by atoms with Crippen LogP contribution in [0.3, 0.4) is 0 Å². The molecule has 0 unspecified atom stereocenters. The molecular weight excluding hydrogens is 236 g/mol. The maximum atomic E-state index is 4.59. The van der Waals surface area contributed by atoms with Gasteiger partial charge in [-0.1, -0.05) is 19.9 Å². The van der Waals surface area contributed by atoms with Crippen LogP contribution in [0, 0.1) is 0 Å². The standard InChI is InChI=1S/C12H16N2S2/c1-9(2)11-8-16-12(14-11)7-13-6-10-4-3-5-15-10/h3-5,8-9,13H,6-7H2,1-2H3. The normalized spacial score (nSPS) is 11.2. The molecule has 16 heavy (non-hydrogen) atoms. The molecule has 0 aliphatic carbocycles. The van der Waals surface area contributed by atoms with Gasteiger partial charge in [0.2, 0.25) is 0 Å². The van der Waals surface area contributed by atoms with Crippen molar-refractivity contribution in [2.24, 2.45) is 0 Å². The smallest absolute Gasteiger partial charge is 0.107 e. The van der Waals surface area contributed by atoms with Crippen molar-refractivity contribution >= 4 is 22.7 Å². The van der Waals surface area contributed by atoms with Crippen LogP contribution in [0.15, 0.2) is 22.9 Å². The van der Waals surface area contributed by atoms with E-state index in [0.29, 0.717) is 5.92 Å². The van der Waals surface area contributed by atoms with Crippen molar-refractivity contribution in [3.05, 3.63) is 38.5 Å². The average molecular weight is 252 g/mol. The van der Waals surface area contributed by atoms with Gasteiger partial charge in [-0.2, -0.15) is 0 Å². The van der Waals surface area contributed by atoms with E-state index in [0.717, 1.165) is 13.1 Å². The van der Waals surface area contributed by atoms with E-state index < -0.39 is 0 Å². The first-order chi connectivity index (χ1) is 7.75. The van der Waals surface area contributed by atoms with Crippen molar-refractivity contribution in [1.82, 2.24) is 10.3 Å². The van der Waals surface area contributed by atoms with Crippen LogP contribution in [0.4, 0.5) is 0 Å². The zero-order chi connectivity index (χ0) is 11.4. The number of hydrogen-bond acceptors (Lipinski definition) is 4. The summed E-state index contributed by atoms with van der Waals surface area (Å²) in [5, 5.41) is 8.86. The van der Waals surface area contributed by atoms with E-state index in [1.54, 1.807) is 22.7 Å². The number of rotatable bonds is 5. The molecule has 0 saturated carbocycles. The van der Waals surface area contributed by atoms with Crippen LogP contribution in [0.2, 0.25) is 0 Å². The van der Waals surface area contributed by atoms with Gasteiger partial charge in [-0.3, -0.25) is 0 Å². The predicted molar refractivity (Wildman–Crippen MR) is 71.1 cm³/mol. The fourth-order valence-corrected chi connectivity index (χ4v) is 2.98. The van der Waals surface area contributed by atoms with Crippen LogP contribution in [0.25, 0.3) is 0 Å². The second kappa shape index (κ2) is 5.57. The van der Waals surface area contributed by atoms with Gasteiger partial charge in [0.05, 0.1) is 5.69 Å². The summed E-state index contributed by atoms with van der Waals surface area (Å²) in [6.45, 7) is 6.17. The lowest BCUT2D eigenvalue weighted by molar-refractivity contribution is 0.691. The molecule has 0 radical (unpaired) electrons. The molecule has 0 aromatic carbocycles. The molecule has 0 aliphatic rings. The number of thiophene rings is 1. The third-order valence-electron chi connectivity index (χ3n) is 2.32. The Labute approximate surface area is 104 Å². The molecule has 0 spiro atoms. The second-order valence-electron chi connectivity index (χ2n) is 4.00. The monoisotopic (exact) mass is 252 g/mol. The molecular formula is C12H16N2S2. The summed E-state index contributed by atoms with van der Waals surface area (Å²) >= 11 is 3.53. The fourth-order valence-electron chi connectivity index (χ4n) is 1.38. The molecule has 2 heterocycles. The first kappa shape index (κ1) is 11.8. The van der Waals surface area contributed by atoms with E-state index in [9.17, 15) is 0 Å². The summed E-state index contributed by atoms with van der Waals surface area (Å²) < 4.78 is 0. The molecule has 0 amide bonds.